The Morgan fingerprint density at radius 2 is 2.00 bits per heavy atom. The molecule has 0 bridgehead atoms. The number of hydrogen-bond acceptors (Lipinski definition) is 2. The molecule has 1 aromatic rings. The first-order chi connectivity index (χ1) is 9.95. The van der Waals surface area contributed by atoms with Gasteiger partial charge in [-0.1, -0.05) is 37.5 Å². The van der Waals surface area contributed by atoms with Gasteiger partial charge in [0, 0.05) is 19.0 Å². The number of amides is 2. The molecule has 1 aliphatic heterocycles. The summed E-state index contributed by atoms with van der Waals surface area (Å²) in [7, 11) is 0. The molecule has 4 nitrogen and oxygen atoms in total. The van der Waals surface area contributed by atoms with Crippen molar-refractivity contribution in [1.29, 1.82) is 0 Å². The number of unbranched alkanes of at least 4 members (excludes halogenated alkanes) is 2. The predicted octanol–water partition coefficient (Wildman–Crippen LogP) is 3.02. The second kappa shape index (κ2) is 6.29. The standard InChI is InChI=1S/C17H24N2O2/c1-5-6-7-8-19-16-12(3)9-11(2)10-14(16)15(17(19)21)18-13(4)20/h9-10,15H,5-8H2,1-4H3,(H,18,20)/t15-/m0/s1. The van der Waals surface area contributed by atoms with E-state index >= 15 is 0 Å². The fourth-order valence-corrected chi connectivity index (χ4v) is 3.07. The van der Waals surface area contributed by atoms with E-state index in [4.69, 9.17) is 0 Å². The van der Waals surface area contributed by atoms with Gasteiger partial charge in [-0.05, 0) is 25.8 Å². The van der Waals surface area contributed by atoms with E-state index in [0.29, 0.717) is 0 Å². The monoisotopic (exact) mass is 288 g/mol. The minimum Gasteiger partial charge on any atom is -0.341 e. The lowest BCUT2D eigenvalue weighted by Crippen LogP contribution is -2.37. The predicted molar refractivity (Wildman–Crippen MR) is 84.4 cm³/mol. The molecule has 0 aliphatic carbocycles. The van der Waals surface area contributed by atoms with Gasteiger partial charge in [-0.25, -0.2) is 0 Å². The van der Waals surface area contributed by atoms with Crippen LogP contribution in [0, 0.1) is 13.8 Å². The van der Waals surface area contributed by atoms with Crippen molar-refractivity contribution in [2.45, 2.75) is 53.0 Å². The fourth-order valence-electron chi connectivity index (χ4n) is 3.07. The number of rotatable bonds is 5. The zero-order valence-electron chi connectivity index (χ0n) is 13.3. The topological polar surface area (TPSA) is 49.4 Å². The van der Waals surface area contributed by atoms with Gasteiger partial charge < -0.3 is 10.2 Å². The Labute approximate surface area is 126 Å². The molecule has 1 atom stereocenters. The summed E-state index contributed by atoms with van der Waals surface area (Å²) in [5.41, 5.74) is 4.14. The number of hydrogen-bond donors (Lipinski definition) is 1. The average Bonchev–Trinajstić information content (AvgIpc) is 2.64. The third-order valence-electron chi connectivity index (χ3n) is 3.90. The normalized spacial score (nSPS) is 17.0. The molecule has 1 N–H and O–H groups in total. The summed E-state index contributed by atoms with van der Waals surface area (Å²) in [6.45, 7) is 8.37. The Hall–Kier alpha value is -1.84. The molecule has 0 saturated heterocycles. The van der Waals surface area contributed by atoms with Gasteiger partial charge in [-0.2, -0.15) is 0 Å². The first kappa shape index (κ1) is 15.5. The van der Waals surface area contributed by atoms with Crippen molar-refractivity contribution in [2.75, 3.05) is 11.4 Å². The lowest BCUT2D eigenvalue weighted by molar-refractivity contribution is -0.126. The summed E-state index contributed by atoms with van der Waals surface area (Å²) in [4.78, 5) is 25.9. The Balaban J connectivity index is 2.38. The van der Waals surface area contributed by atoms with Crippen LogP contribution < -0.4 is 10.2 Å². The van der Waals surface area contributed by atoms with Gasteiger partial charge in [0.1, 0.15) is 6.04 Å². The van der Waals surface area contributed by atoms with Crippen molar-refractivity contribution in [3.8, 4) is 0 Å². The highest BCUT2D eigenvalue weighted by molar-refractivity contribution is 6.06. The van der Waals surface area contributed by atoms with Crippen LogP contribution in [0.4, 0.5) is 5.69 Å². The Morgan fingerprint density at radius 3 is 2.62 bits per heavy atom. The molecule has 1 aromatic carbocycles. The molecule has 2 rings (SSSR count). The molecule has 0 aromatic heterocycles. The minimum atomic E-state index is -0.530. The van der Waals surface area contributed by atoms with E-state index in [0.717, 1.165) is 48.2 Å². The van der Waals surface area contributed by atoms with Gasteiger partial charge >= 0.3 is 0 Å². The molecular weight excluding hydrogens is 264 g/mol. The third kappa shape index (κ3) is 3.09. The lowest BCUT2D eigenvalue weighted by atomic mass is 10.0. The third-order valence-corrected chi connectivity index (χ3v) is 3.90. The van der Waals surface area contributed by atoms with Crippen LogP contribution in [0.2, 0.25) is 0 Å². The van der Waals surface area contributed by atoms with Crippen LogP contribution in [0.15, 0.2) is 12.1 Å². The highest BCUT2D eigenvalue weighted by Crippen LogP contribution is 2.39. The largest absolute Gasteiger partial charge is 0.341 e. The van der Waals surface area contributed by atoms with Crippen molar-refractivity contribution < 1.29 is 9.59 Å². The number of benzene rings is 1. The molecule has 0 saturated carbocycles. The molecule has 1 aliphatic rings. The molecule has 1 heterocycles. The first-order valence-electron chi connectivity index (χ1n) is 7.65. The number of aryl methyl sites for hydroxylation is 2. The summed E-state index contributed by atoms with van der Waals surface area (Å²) < 4.78 is 0. The van der Waals surface area contributed by atoms with E-state index < -0.39 is 6.04 Å². The molecule has 0 fully saturated rings. The Kier molecular flexibility index (Phi) is 4.66. The van der Waals surface area contributed by atoms with Gasteiger partial charge in [0.25, 0.3) is 5.91 Å². The summed E-state index contributed by atoms with van der Waals surface area (Å²) in [6, 6.07) is 3.58. The molecule has 0 spiro atoms. The van der Waals surface area contributed by atoms with Gasteiger partial charge in [-0.3, -0.25) is 9.59 Å². The van der Waals surface area contributed by atoms with E-state index in [-0.39, 0.29) is 11.8 Å². The fraction of sp³-hybridized carbons (Fsp3) is 0.529. The van der Waals surface area contributed by atoms with Crippen LogP contribution in [0.5, 0.6) is 0 Å². The molecule has 0 radical (unpaired) electrons. The molecule has 4 heteroatoms. The maximum atomic E-state index is 12.7. The zero-order chi connectivity index (χ0) is 15.6. The van der Waals surface area contributed by atoms with Gasteiger partial charge in [-0.15, -0.1) is 0 Å². The summed E-state index contributed by atoms with van der Waals surface area (Å²) in [5, 5.41) is 2.79. The Morgan fingerprint density at radius 1 is 1.29 bits per heavy atom. The van der Waals surface area contributed by atoms with Gasteiger partial charge in [0.2, 0.25) is 5.91 Å². The van der Waals surface area contributed by atoms with E-state index in [2.05, 4.69) is 18.3 Å². The highest BCUT2D eigenvalue weighted by atomic mass is 16.2. The number of anilines is 1. The van der Waals surface area contributed by atoms with Crippen molar-refractivity contribution >= 4 is 17.5 Å². The SMILES string of the molecule is CCCCCN1C(=O)[C@@H](NC(C)=O)c2cc(C)cc(C)c21. The molecule has 0 unspecified atom stereocenters. The quantitative estimate of drug-likeness (QED) is 0.847. The molecular formula is C17H24N2O2. The number of nitrogens with zero attached hydrogens (tertiary/aromatic N) is 1. The van der Waals surface area contributed by atoms with E-state index in [1.807, 2.05) is 24.8 Å². The van der Waals surface area contributed by atoms with Crippen LogP contribution in [-0.2, 0) is 9.59 Å². The zero-order valence-corrected chi connectivity index (χ0v) is 13.3. The van der Waals surface area contributed by atoms with E-state index in [1.54, 1.807) is 0 Å². The van der Waals surface area contributed by atoms with E-state index in [9.17, 15) is 9.59 Å². The minimum absolute atomic E-state index is 0.00926. The Bertz CT molecular complexity index is 566. The van der Waals surface area contributed by atoms with Gasteiger partial charge in [0.05, 0.1) is 5.69 Å². The van der Waals surface area contributed by atoms with Crippen LogP contribution in [0.3, 0.4) is 0 Å². The summed E-state index contributed by atoms with van der Waals surface area (Å²) in [5.74, 6) is -0.182. The second-order valence-corrected chi connectivity index (χ2v) is 5.85. The van der Waals surface area contributed by atoms with Crippen molar-refractivity contribution in [3.63, 3.8) is 0 Å². The summed E-state index contributed by atoms with van der Waals surface area (Å²) >= 11 is 0. The smallest absolute Gasteiger partial charge is 0.254 e. The highest BCUT2D eigenvalue weighted by Gasteiger charge is 2.38. The lowest BCUT2D eigenvalue weighted by Gasteiger charge is -2.19. The second-order valence-electron chi connectivity index (χ2n) is 5.85. The molecule has 114 valence electrons. The van der Waals surface area contributed by atoms with Crippen molar-refractivity contribution in [2.24, 2.45) is 0 Å². The van der Waals surface area contributed by atoms with Crippen LogP contribution in [0.1, 0.15) is 55.8 Å². The van der Waals surface area contributed by atoms with Crippen LogP contribution >= 0.6 is 0 Å². The number of carbonyl (C=O) groups excluding carboxylic acids is 2. The first-order valence-corrected chi connectivity index (χ1v) is 7.65. The average molecular weight is 288 g/mol. The number of fused-ring (bicyclic) bond motifs is 1. The summed E-state index contributed by atoms with van der Waals surface area (Å²) in [6.07, 6.45) is 3.22. The molecule has 2 amide bonds. The van der Waals surface area contributed by atoms with E-state index in [1.165, 1.54) is 6.92 Å². The maximum absolute atomic E-state index is 12.7. The maximum Gasteiger partial charge on any atom is 0.254 e. The van der Waals surface area contributed by atoms with Crippen molar-refractivity contribution in [1.82, 2.24) is 5.32 Å². The number of nitrogens with one attached hydrogen (secondary N) is 1. The van der Waals surface area contributed by atoms with Gasteiger partial charge in [0.15, 0.2) is 0 Å². The van der Waals surface area contributed by atoms with Crippen LogP contribution in [-0.4, -0.2) is 18.4 Å². The van der Waals surface area contributed by atoms with Crippen molar-refractivity contribution in [3.05, 3.63) is 28.8 Å². The molecule has 21 heavy (non-hydrogen) atoms. The number of carbonyl (C=O) groups is 2. The van der Waals surface area contributed by atoms with Crippen LogP contribution in [0.25, 0.3) is 0 Å².